The van der Waals surface area contributed by atoms with Gasteiger partial charge in [0, 0.05) is 17.3 Å². The Labute approximate surface area is 85.7 Å². The molecule has 0 rings (SSSR count). The van der Waals surface area contributed by atoms with Crippen LogP contribution in [0.25, 0.3) is 0 Å². The van der Waals surface area contributed by atoms with Crippen molar-refractivity contribution in [2.75, 3.05) is 23.9 Å². The molecule has 0 aliphatic rings. The summed E-state index contributed by atoms with van der Waals surface area (Å²) in [6.07, 6.45) is -1.48. The number of hydrogen-bond donors (Lipinski definition) is 4. The maximum absolute atomic E-state index is 9.22. The summed E-state index contributed by atoms with van der Waals surface area (Å²) in [5.41, 5.74) is 0. The second-order valence-corrected chi connectivity index (χ2v) is 5.14. The second-order valence-electron chi connectivity index (χ2n) is 2.15. The molecule has 0 saturated carbocycles. The summed E-state index contributed by atoms with van der Waals surface area (Å²) < 4.78 is 0. The van der Waals surface area contributed by atoms with E-state index in [1.807, 2.05) is 0 Å². The third kappa shape index (κ3) is 6.45. The van der Waals surface area contributed by atoms with Gasteiger partial charge in [-0.25, -0.2) is 0 Å². The highest BCUT2D eigenvalue weighted by Gasteiger charge is 2.13. The van der Waals surface area contributed by atoms with Gasteiger partial charge in [0.25, 0.3) is 0 Å². The quantitative estimate of drug-likeness (QED) is 0.282. The maximum Gasteiger partial charge on any atom is 0.0905 e. The van der Waals surface area contributed by atoms with Crippen LogP contribution in [0.4, 0.5) is 0 Å². The van der Waals surface area contributed by atoms with Gasteiger partial charge in [-0.15, -0.1) is 0 Å². The molecule has 12 heavy (non-hydrogen) atoms. The number of aliphatic hydroxyl groups is 3. The molecule has 0 fully saturated rings. The van der Waals surface area contributed by atoms with E-state index in [1.54, 1.807) is 0 Å². The third-order valence-electron chi connectivity index (χ3n) is 1.13. The van der Waals surface area contributed by atoms with Crippen molar-refractivity contribution in [1.29, 1.82) is 0 Å². The lowest BCUT2D eigenvalue weighted by molar-refractivity contribution is 0.0504. The van der Waals surface area contributed by atoms with Gasteiger partial charge in [0.1, 0.15) is 0 Å². The first-order chi connectivity index (χ1) is 5.72. The van der Waals surface area contributed by atoms with Crippen LogP contribution in [0, 0.1) is 0 Å². The first kappa shape index (κ1) is 12.9. The average Bonchev–Trinajstić information content (AvgIpc) is 2.10. The molecule has 0 aliphatic carbocycles. The summed E-state index contributed by atoms with van der Waals surface area (Å²) in [6.45, 7) is 0.142. The van der Waals surface area contributed by atoms with Gasteiger partial charge in [-0.05, 0) is 0 Å². The molecule has 0 radical (unpaired) electrons. The van der Waals surface area contributed by atoms with Crippen molar-refractivity contribution in [3.05, 3.63) is 0 Å². The predicted octanol–water partition coefficient (Wildman–Crippen LogP) is 0.0117. The van der Waals surface area contributed by atoms with E-state index < -0.39 is 12.2 Å². The fourth-order valence-electron chi connectivity index (χ4n) is 0.447. The van der Waals surface area contributed by atoms with Crippen LogP contribution in [-0.2, 0) is 0 Å². The predicted molar refractivity (Wildman–Crippen MR) is 57.9 cm³/mol. The fraction of sp³-hybridized carbons (Fsp3) is 1.00. The van der Waals surface area contributed by atoms with Gasteiger partial charge in [-0.2, -0.15) is 12.6 Å². The smallest absolute Gasteiger partial charge is 0.0905 e. The molecule has 3 nitrogen and oxygen atoms in total. The van der Waals surface area contributed by atoms with Crippen LogP contribution in [0.5, 0.6) is 0 Å². The van der Waals surface area contributed by atoms with Gasteiger partial charge in [0.15, 0.2) is 0 Å². The minimum absolute atomic E-state index is 0.142. The lowest BCUT2D eigenvalue weighted by Gasteiger charge is -2.14. The Balaban J connectivity index is 3.24. The molecule has 0 heterocycles. The first-order valence-corrected chi connectivity index (χ1v) is 6.66. The lowest BCUT2D eigenvalue weighted by Crippen LogP contribution is -2.29. The van der Waals surface area contributed by atoms with Crippen molar-refractivity contribution in [3.63, 3.8) is 0 Å². The van der Waals surface area contributed by atoms with E-state index in [-0.39, 0.29) is 12.4 Å². The van der Waals surface area contributed by atoms with Crippen molar-refractivity contribution < 1.29 is 15.3 Å². The van der Waals surface area contributed by atoms with Crippen molar-refractivity contribution in [1.82, 2.24) is 0 Å². The molecule has 0 aromatic heterocycles. The topological polar surface area (TPSA) is 60.7 Å². The van der Waals surface area contributed by atoms with Crippen LogP contribution in [0.2, 0.25) is 0 Å². The Bertz CT molecular complexity index is 104. The van der Waals surface area contributed by atoms with Gasteiger partial charge in [0.05, 0.1) is 18.8 Å². The van der Waals surface area contributed by atoms with E-state index in [1.165, 1.54) is 21.6 Å². The second kappa shape index (κ2) is 8.52. The van der Waals surface area contributed by atoms with Crippen molar-refractivity contribution in [2.45, 2.75) is 12.2 Å². The Kier molecular flexibility index (Phi) is 9.19. The molecule has 0 saturated heterocycles. The molecule has 0 aliphatic heterocycles. The Morgan fingerprint density at radius 2 is 1.83 bits per heavy atom. The maximum atomic E-state index is 9.22. The largest absolute Gasteiger partial charge is 0.395 e. The standard InChI is InChI=1S/C6H14O3S3/c7-1-2-11-12-4-6(9)5(8)3-10/h5-10H,1-4H2/t5-,6-/m1/s1. The minimum atomic E-state index is -0.754. The molecule has 0 aromatic rings. The van der Waals surface area contributed by atoms with Crippen molar-refractivity contribution >= 4 is 34.2 Å². The summed E-state index contributed by atoms with van der Waals surface area (Å²) >= 11 is 3.85. The summed E-state index contributed by atoms with van der Waals surface area (Å²) in [5.74, 6) is 1.38. The summed E-state index contributed by atoms with van der Waals surface area (Å²) in [6, 6.07) is 0. The van der Waals surface area contributed by atoms with Gasteiger partial charge in [-0.1, -0.05) is 21.6 Å². The molecular weight excluding hydrogens is 216 g/mol. The molecule has 6 heteroatoms. The summed E-state index contributed by atoms with van der Waals surface area (Å²) in [5, 5.41) is 26.7. The summed E-state index contributed by atoms with van der Waals surface area (Å²) in [7, 11) is 2.92. The molecule has 0 unspecified atom stereocenters. The first-order valence-electron chi connectivity index (χ1n) is 3.54. The molecule has 0 aromatic carbocycles. The number of thiol groups is 1. The zero-order valence-corrected chi connectivity index (χ0v) is 9.12. The van der Waals surface area contributed by atoms with Crippen LogP contribution in [0.1, 0.15) is 0 Å². The van der Waals surface area contributed by atoms with Gasteiger partial charge in [0.2, 0.25) is 0 Å². The lowest BCUT2D eigenvalue weighted by atomic mass is 10.3. The van der Waals surface area contributed by atoms with Crippen molar-refractivity contribution in [2.24, 2.45) is 0 Å². The van der Waals surface area contributed by atoms with E-state index >= 15 is 0 Å². The highest BCUT2D eigenvalue weighted by atomic mass is 33.1. The normalized spacial score (nSPS) is 16.0. The van der Waals surface area contributed by atoms with Crippen LogP contribution in [0.3, 0.4) is 0 Å². The Morgan fingerprint density at radius 1 is 1.17 bits per heavy atom. The Hall–Kier alpha value is 0.930. The average molecular weight is 230 g/mol. The molecule has 74 valence electrons. The van der Waals surface area contributed by atoms with Gasteiger partial charge in [-0.3, -0.25) is 0 Å². The van der Waals surface area contributed by atoms with E-state index in [0.717, 1.165) is 0 Å². The number of hydrogen-bond acceptors (Lipinski definition) is 6. The van der Waals surface area contributed by atoms with E-state index in [9.17, 15) is 5.11 Å². The fourth-order valence-corrected chi connectivity index (χ4v) is 2.62. The van der Waals surface area contributed by atoms with Crippen LogP contribution >= 0.6 is 34.2 Å². The number of rotatable bonds is 7. The van der Waals surface area contributed by atoms with Crippen molar-refractivity contribution in [3.8, 4) is 0 Å². The number of aliphatic hydroxyl groups excluding tert-OH is 3. The van der Waals surface area contributed by atoms with E-state index in [4.69, 9.17) is 10.2 Å². The molecule has 0 spiro atoms. The van der Waals surface area contributed by atoms with Gasteiger partial charge < -0.3 is 15.3 Å². The molecule has 0 bridgehead atoms. The molecule has 3 N–H and O–H groups in total. The summed E-state index contributed by atoms with van der Waals surface area (Å²) in [4.78, 5) is 0. The Morgan fingerprint density at radius 3 is 2.33 bits per heavy atom. The zero-order valence-electron chi connectivity index (χ0n) is 6.59. The molecular formula is C6H14O3S3. The van der Waals surface area contributed by atoms with E-state index in [0.29, 0.717) is 11.5 Å². The zero-order chi connectivity index (χ0) is 9.40. The highest BCUT2D eigenvalue weighted by Crippen LogP contribution is 2.22. The van der Waals surface area contributed by atoms with Crippen LogP contribution in [-0.4, -0.2) is 51.4 Å². The monoisotopic (exact) mass is 230 g/mol. The minimum Gasteiger partial charge on any atom is -0.395 e. The SMILES string of the molecule is OCCSSC[C@@H](O)[C@H](O)CS. The third-order valence-corrected chi connectivity index (χ3v) is 3.90. The van der Waals surface area contributed by atoms with Crippen LogP contribution in [0.15, 0.2) is 0 Å². The van der Waals surface area contributed by atoms with E-state index in [2.05, 4.69) is 12.6 Å². The molecule has 2 atom stereocenters. The highest BCUT2D eigenvalue weighted by molar-refractivity contribution is 8.76. The molecule has 0 amide bonds. The van der Waals surface area contributed by atoms with Gasteiger partial charge >= 0.3 is 0 Å². The van der Waals surface area contributed by atoms with Crippen LogP contribution < -0.4 is 0 Å².